The van der Waals surface area contributed by atoms with E-state index in [9.17, 15) is 24.0 Å². The van der Waals surface area contributed by atoms with Crippen LogP contribution in [0.5, 0.6) is 0 Å². The summed E-state index contributed by atoms with van der Waals surface area (Å²) < 4.78 is 20.2. The van der Waals surface area contributed by atoms with Gasteiger partial charge in [-0.2, -0.15) is 0 Å². The summed E-state index contributed by atoms with van der Waals surface area (Å²) in [4.78, 5) is 67.2. The fourth-order valence-corrected chi connectivity index (χ4v) is 4.73. The topological polar surface area (TPSA) is 189 Å². The molecule has 0 spiro atoms. The molecule has 3 N–H and O–H groups in total. The highest BCUT2D eigenvalue weighted by Gasteiger charge is 2.55. The molecule has 3 heterocycles. The van der Waals surface area contributed by atoms with Gasteiger partial charge in [0.2, 0.25) is 12.0 Å². The number of nitrogens with one attached hydrogen (secondary N) is 1. The molecule has 1 fully saturated rings. The normalized spacial score (nSPS) is 20.0. The molecule has 3 rings (SSSR count). The summed E-state index contributed by atoms with van der Waals surface area (Å²) in [5.74, 6) is -2.71. The lowest BCUT2D eigenvalue weighted by Crippen LogP contribution is -2.71. The fraction of sp³-hybridized carbons (Fsp3) is 0.429. The van der Waals surface area contributed by atoms with E-state index < -0.39 is 47.6 Å². The highest BCUT2D eigenvalue weighted by Crippen LogP contribution is 2.41. The van der Waals surface area contributed by atoms with Crippen LogP contribution in [-0.2, 0) is 38.2 Å². The molecule has 36 heavy (non-hydrogen) atoms. The van der Waals surface area contributed by atoms with Crippen LogP contribution in [0.4, 0.5) is 4.79 Å². The molecule has 0 radical (unpaired) electrons. The zero-order chi connectivity index (χ0) is 26.4. The molecule has 15 heteroatoms. The Morgan fingerprint density at radius 1 is 1.33 bits per heavy atom. The van der Waals surface area contributed by atoms with Crippen molar-refractivity contribution < 1.29 is 47.4 Å². The van der Waals surface area contributed by atoms with Gasteiger partial charge in [0.25, 0.3) is 11.8 Å². The van der Waals surface area contributed by atoms with Crippen molar-refractivity contribution in [1.29, 1.82) is 0 Å². The van der Waals surface area contributed by atoms with E-state index in [2.05, 4.69) is 10.5 Å². The lowest BCUT2D eigenvalue weighted by atomic mass is 10.0. The number of nitrogens with zero attached hydrogens (tertiary/aromatic N) is 2. The summed E-state index contributed by atoms with van der Waals surface area (Å²) in [6, 6.07) is 2.03. The molecule has 1 unspecified atom stereocenters. The smallest absolute Gasteiger partial charge is 0.404 e. The van der Waals surface area contributed by atoms with E-state index in [1.54, 1.807) is 13.0 Å². The molecule has 2 aliphatic heterocycles. The predicted octanol–water partition coefficient (Wildman–Crippen LogP) is 0.222. The lowest BCUT2D eigenvalue weighted by Gasteiger charge is -2.49. The van der Waals surface area contributed by atoms with Crippen LogP contribution in [0.1, 0.15) is 26.0 Å². The Morgan fingerprint density at radius 3 is 2.67 bits per heavy atom. The van der Waals surface area contributed by atoms with Crippen molar-refractivity contribution >= 4 is 47.3 Å². The van der Waals surface area contributed by atoms with Crippen molar-refractivity contribution in [2.45, 2.75) is 38.0 Å². The second kappa shape index (κ2) is 11.6. The third kappa shape index (κ3) is 5.79. The Bertz CT molecular complexity index is 1100. The van der Waals surface area contributed by atoms with E-state index in [1.807, 2.05) is 0 Å². The molecule has 2 aliphatic rings. The zero-order valence-corrected chi connectivity index (χ0v) is 20.4. The van der Waals surface area contributed by atoms with Gasteiger partial charge in [0, 0.05) is 24.7 Å². The van der Waals surface area contributed by atoms with Gasteiger partial charge in [0.05, 0.1) is 6.26 Å². The number of rotatable bonds is 10. The van der Waals surface area contributed by atoms with Gasteiger partial charge in [-0.05, 0) is 12.1 Å². The van der Waals surface area contributed by atoms with Gasteiger partial charge in [-0.1, -0.05) is 12.1 Å². The van der Waals surface area contributed by atoms with E-state index in [0.29, 0.717) is 0 Å². The number of amides is 3. The van der Waals surface area contributed by atoms with E-state index in [-0.39, 0.29) is 41.5 Å². The van der Waals surface area contributed by atoms with Crippen molar-refractivity contribution in [3.05, 3.63) is 35.4 Å². The minimum Gasteiger partial charge on any atom is -0.462 e. The van der Waals surface area contributed by atoms with E-state index in [1.165, 1.54) is 31.2 Å². The molecule has 194 valence electrons. The number of carbonyl (C=O) groups excluding carboxylic acids is 5. The van der Waals surface area contributed by atoms with E-state index in [4.69, 9.17) is 29.2 Å². The van der Waals surface area contributed by atoms with Gasteiger partial charge in [-0.15, -0.1) is 11.8 Å². The maximum atomic E-state index is 13.1. The number of fused-ring (bicyclic) bond motifs is 1. The number of hydrogen-bond donors (Lipinski definition) is 2. The highest BCUT2D eigenvalue weighted by molar-refractivity contribution is 8.00. The number of oxime groups is 1. The molecule has 1 aromatic heterocycles. The van der Waals surface area contributed by atoms with Crippen molar-refractivity contribution in [3.8, 4) is 0 Å². The van der Waals surface area contributed by atoms with Crippen LogP contribution in [-0.4, -0.2) is 77.6 Å². The first-order valence-electron chi connectivity index (χ1n) is 10.6. The number of nitrogens with two attached hydrogens (primary N) is 1. The Morgan fingerprint density at radius 2 is 2.08 bits per heavy atom. The number of ether oxygens (including phenoxy) is 3. The molecule has 0 aromatic carbocycles. The van der Waals surface area contributed by atoms with Crippen molar-refractivity contribution in [2.75, 3.05) is 19.5 Å². The molecule has 0 saturated carbocycles. The number of esters is 2. The van der Waals surface area contributed by atoms with Gasteiger partial charge in [0.1, 0.15) is 30.8 Å². The fourth-order valence-electron chi connectivity index (χ4n) is 3.40. The third-order valence-electron chi connectivity index (χ3n) is 4.94. The summed E-state index contributed by atoms with van der Waals surface area (Å²) >= 11 is 1.22. The second-order valence-electron chi connectivity index (χ2n) is 7.37. The van der Waals surface area contributed by atoms with Crippen LogP contribution in [0.3, 0.4) is 0 Å². The molecule has 3 amide bonds. The van der Waals surface area contributed by atoms with Gasteiger partial charge < -0.3 is 34.5 Å². The van der Waals surface area contributed by atoms with Crippen LogP contribution in [0.15, 0.2) is 39.2 Å². The number of thioether (sulfide) groups is 1. The molecule has 0 bridgehead atoms. The van der Waals surface area contributed by atoms with Crippen LogP contribution in [0.25, 0.3) is 0 Å². The molecule has 3 atom stereocenters. The molecule has 14 nitrogen and oxygen atoms in total. The van der Waals surface area contributed by atoms with Gasteiger partial charge in [-0.3, -0.25) is 19.3 Å². The Balaban J connectivity index is 1.82. The summed E-state index contributed by atoms with van der Waals surface area (Å²) in [6.07, 6.45) is -0.762. The number of carbonyl (C=O) groups is 5. The average Bonchev–Trinajstić information content (AvgIpc) is 3.37. The Kier molecular flexibility index (Phi) is 8.58. The molecule has 1 aromatic rings. The number of hydrogen-bond acceptors (Lipinski definition) is 12. The van der Waals surface area contributed by atoms with Gasteiger partial charge >= 0.3 is 18.0 Å². The SMILES string of the molecule is CCC(OC(C)=O)OC(=O)C1=C(COC(N)=O)CS[C@@H]2[C@H](NC(=O)/C(=N\OC)c3ccco3)C(=O)N12. The summed E-state index contributed by atoms with van der Waals surface area (Å²) in [5.41, 5.74) is 4.93. The van der Waals surface area contributed by atoms with Crippen molar-refractivity contribution in [3.63, 3.8) is 0 Å². The van der Waals surface area contributed by atoms with Crippen molar-refractivity contribution in [2.24, 2.45) is 10.9 Å². The minimum absolute atomic E-state index is 0.125. The van der Waals surface area contributed by atoms with Gasteiger partial charge in [0.15, 0.2) is 5.76 Å². The molecule has 0 aliphatic carbocycles. The lowest BCUT2D eigenvalue weighted by molar-refractivity contribution is -0.186. The van der Waals surface area contributed by atoms with Gasteiger partial charge in [-0.25, -0.2) is 9.59 Å². The Labute approximate surface area is 209 Å². The largest absolute Gasteiger partial charge is 0.462 e. The van der Waals surface area contributed by atoms with Crippen LogP contribution < -0.4 is 11.1 Å². The standard InChI is InChI=1S/C21H24N4O10S/c1-4-13(34-10(2)26)35-20(29)16-11(8-33-21(22)30)9-36-19-15(18(28)25(16)19)23-17(27)14(24-31-3)12-6-5-7-32-12/h5-7,13,15,19H,4,8-9H2,1-3H3,(H2,22,30)(H,23,27)/b24-14-/t13?,15-,19-/m1/s1. The summed E-state index contributed by atoms with van der Waals surface area (Å²) in [6.45, 7) is 2.42. The monoisotopic (exact) mass is 524 g/mol. The quantitative estimate of drug-likeness (QED) is 0.140. The van der Waals surface area contributed by atoms with Crippen LogP contribution in [0.2, 0.25) is 0 Å². The van der Waals surface area contributed by atoms with E-state index in [0.717, 1.165) is 11.8 Å². The Hall–Kier alpha value is -4.01. The van der Waals surface area contributed by atoms with Crippen LogP contribution in [0, 0.1) is 0 Å². The molecule has 1 saturated heterocycles. The summed E-state index contributed by atoms with van der Waals surface area (Å²) in [5, 5.41) is 5.55. The predicted molar refractivity (Wildman–Crippen MR) is 122 cm³/mol. The first-order chi connectivity index (χ1) is 17.2. The number of β-lactam (4-membered cyclic amide) rings is 1. The summed E-state index contributed by atoms with van der Waals surface area (Å²) in [7, 11) is 1.25. The highest BCUT2D eigenvalue weighted by atomic mass is 32.2. The molecular formula is C21H24N4O10S. The maximum Gasteiger partial charge on any atom is 0.404 e. The average molecular weight is 525 g/mol. The number of furan rings is 1. The second-order valence-corrected chi connectivity index (χ2v) is 8.48. The number of primary amides is 1. The first kappa shape index (κ1) is 26.6. The minimum atomic E-state index is -1.19. The van der Waals surface area contributed by atoms with Crippen LogP contribution >= 0.6 is 11.8 Å². The maximum absolute atomic E-state index is 13.1. The first-order valence-corrected chi connectivity index (χ1v) is 11.7. The van der Waals surface area contributed by atoms with E-state index >= 15 is 0 Å². The third-order valence-corrected chi connectivity index (χ3v) is 6.28. The zero-order valence-electron chi connectivity index (χ0n) is 19.5. The molecular weight excluding hydrogens is 500 g/mol. The van der Waals surface area contributed by atoms with Crippen molar-refractivity contribution in [1.82, 2.24) is 10.2 Å².